The van der Waals surface area contributed by atoms with E-state index in [0.717, 1.165) is 24.9 Å². The van der Waals surface area contributed by atoms with Crippen LogP contribution in [-0.2, 0) is 4.79 Å². The SMILES string of the molecule is CC(=O)N1CCCC[C@H]1c1cncc(C)c1. The maximum Gasteiger partial charge on any atom is 0.219 e. The standard InChI is InChI=1S/C13H18N2O/c1-10-7-12(9-14-8-10)13-5-3-4-6-15(13)11(2)16/h7-9,13H,3-6H2,1-2H3/t13-/m0/s1. The van der Waals surface area contributed by atoms with Gasteiger partial charge >= 0.3 is 0 Å². The summed E-state index contributed by atoms with van der Waals surface area (Å²) in [6, 6.07) is 2.37. The molecule has 0 unspecified atom stereocenters. The van der Waals surface area contributed by atoms with E-state index in [-0.39, 0.29) is 11.9 Å². The zero-order valence-electron chi connectivity index (χ0n) is 9.94. The van der Waals surface area contributed by atoms with Gasteiger partial charge in [-0.2, -0.15) is 0 Å². The minimum absolute atomic E-state index is 0.172. The Morgan fingerprint density at radius 2 is 2.25 bits per heavy atom. The molecule has 86 valence electrons. The molecule has 0 spiro atoms. The number of likely N-dealkylation sites (tertiary alicyclic amines) is 1. The van der Waals surface area contributed by atoms with Crippen molar-refractivity contribution in [3.63, 3.8) is 0 Å². The third kappa shape index (κ3) is 2.23. The Bertz CT molecular complexity index is 389. The molecule has 3 heteroatoms. The van der Waals surface area contributed by atoms with E-state index < -0.39 is 0 Å². The highest BCUT2D eigenvalue weighted by atomic mass is 16.2. The number of pyridine rings is 1. The lowest BCUT2D eigenvalue weighted by Gasteiger charge is -2.35. The van der Waals surface area contributed by atoms with Crippen LogP contribution in [0.3, 0.4) is 0 Å². The van der Waals surface area contributed by atoms with Crippen molar-refractivity contribution < 1.29 is 4.79 Å². The first kappa shape index (κ1) is 11.1. The van der Waals surface area contributed by atoms with Crippen LogP contribution in [0, 0.1) is 6.92 Å². The Labute approximate surface area is 96.5 Å². The van der Waals surface area contributed by atoms with Crippen LogP contribution < -0.4 is 0 Å². The highest BCUT2D eigenvalue weighted by molar-refractivity contribution is 5.74. The highest BCUT2D eigenvalue weighted by Crippen LogP contribution is 2.30. The second kappa shape index (κ2) is 4.64. The number of aryl methyl sites for hydroxylation is 1. The molecular formula is C13H18N2O. The summed E-state index contributed by atoms with van der Waals surface area (Å²) in [4.78, 5) is 17.8. The van der Waals surface area contributed by atoms with Crippen molar-refractivity contribution in [2.24, 2.45) is 0 Å². The molecular weight excluding hydrogens is 200 g/mol. The number of piperidine rings is 1. The van der Waals surface area contributed by atoms with Crippen LogP contribution >= 0.6 is 0 Å². The van der Waals surface area contributed by atoms with Gasteiger partial charge in [0.2, 0.25) is 5.91 Å². The van der Waals surface area contributed by atoms with Crippen LogP contribution in [0.15, 0.2) is 18.5 Å². The Balaban J connectivity index is 2.26. The van der Waals surface area contributed by atoms with Gasteiger partial charge in [0.15, 0.2) is 0 Å². The molecule has 1 saturated heterocycles. The second-order valence-electron chi connectivity index (χ2n) is 4.52. The van der Waals surface area contributed by atoms with Crippen LogP contribution in [0.1, 0.15) is 43.4 Å². The van der Waals surface area contributed by atoms with E-state index in [9.17, 15) is 4.79 Å². The predicted octanol–water partition coefficient (Wildman–Crippen LogP) is 2.46. The van der Waals surface area contributed by atoms with Crippen LogP contribution in [0.5, 0.6) is 0 Å². The largest absolute Gasteiger partial charge is 0.336 e. The quantitative estimate of drug-likeness (QED) is 0.725. The molecule has 0 aliphatic carbocycles. The highest BCUT2D eigenvalue weighted by Gasteiger charge is 2.25. The number of amides is 1. The minimum Gasteiger partial charge on any atom is -0.336 e. The average Bonchev–Trinajstić information content (AvgIpc) is 2.29. The lowest BCUT2D eigenvalue weighted by Crippen LogP contribution is -2.37. The first-order valence-corrected chi connectivity index (χ1v) is 5.87. The van der Waals surface area contributed by atoms with Crippen molar-refractivity contribution in [3.8, 4) is 0 Å². The van der Waals surface area contributed by atoms with Crippen LogP contribution in [0.25, 0.3) is 0 Å². The van der Waals surface area contributed by atoms with E-state index >= 15 is 0 Å². The summed E-state index contributed by atoms with van der Waals surface area (Å²) in [5, 5.41) is 0. The molecule has 16 heavy (non-hydrogen) atoms. The van der Waals surface area contributed by atoms with E-state index in [1.807, 2.05) is 24.2 Å². The molecule has 1 aromatic rings. The van der Waals surface area contributed by atoms with Gasteiger partial charge in [-0.25, -0.2) is 0 Å². The molecule has 1 aliphatic rings. The van der Waals surface area contributed by atoms with Crippen LogP contribution in [0.4, 0.5) is 0 Å². The Kier molecular flexibility index (Phi) is 3.22. The second-order valence-corrected chi connectivity index (χ2v) is 4.52. The fraction of sp³-hybridized carbons (Fsp3) is 0.538. The number of hydrogen-bond acceptors (Lipinski definition) is 2. The summed E-state index contributed by atoms with van der Waals surface area (Å²) < 4.78 is 0. The lowest BCUT2D eigenvalue weighted by molar-refractivity contribution is -0.132. The zero-order chi connectivity index (χ0) is 11.5. The Morgan fingerprint density at radius 1 is 1.44 bits per heavy atom. The molecule has 1 aliphatic heterocycles. The van der Waals surface area contributed by atoms with Gasteiger partial charge in [-0.15, -0.1) is 0 Å². The molecule has 0 aromatic carbocycles. The Morgan fingerprint density at radius 3 is 2.94 bits per heavy atom. The van der Waals surface area contributed by atoms with Gasteiger partial charge in [-0.05, 0) is 37.3 Å². The zero-order valence-corrected chi connectivity index (χ0v) is 9.94. The van der Waals surface area contributed by atoms with Gasteiger partial charge in [-0.1, -0.05) is 6.07 Å². The number of nitrogens with zero attached hydrogens (tertiary/aromatic N) is 2. The number of hydrogen-bond donors (Lipinski definition) is 0. The maximum absolute atomic E-state index is 11.6. The van der Waals surface area contributed by atoms with Gasteiger partial charge in [0.25, 0.3) is 0 Å². The molecule has 2 heterocycles. The summed E-state index contributed by atoms with van der Waals surface area (Å²) in [7, 11) is 0. The summed E-state index contributed by atoms with van der Waals surface area (Å²) in [6.07, 6.45) is 7.12. The first-order chi connectivity index (χ1) is 7.68. The van der Waals surface area contributed by atoms with Gasteiger partial charge in [0.1, 0.15) is 0 Å². The third-order valence-electron chi connectivity index (χ3n) is 3.19. The normalized spacial score (nSPS) is 20.9. The Hall–Kier alpha value is -1.38. The maximum atomic E-state index is 11.6. The third-order valence-corrected chi connectivity index (χ3v) is 3.19. The molecule has 2 rings (SSSR count). The number of carbonyl (C=O) groups is 1. The van der Waals surface area contributed by atoms with Crippen molar-refractivity contribution in [3.05, 3.63) is 29.6 Å². The summed E-state index contributed by atoms with van der Waals surface area (Å²) in [6.45, 7) is 4.58. The molecule has 0 bridgehead atoms. The van der Waals surface area contributed by atoms with Crippen molar-refractivity contribution >= 4 is 5.91 Å². The molecule has 1 atom stereocenters. The fourth-order valence-electron chi connectivity index (χ4n) is 2.42. The summed E-state index contributed by atoms with van der Waals surface area (Å²) >= 11 is 0. The lowest BCUT2D eigenvalue weighted by atomic mass is 9.96. The first-order valence-electron chi connectivity index (χ1n) is 5.87. The molecule has 1 aromatic heterocycles. The molecule has 1 amide bonds. The smallest absolute Gasteiger partial charge is 0.219 e. The van der Waals surface area contributed by atoms with Crippen LogP contribution in [0.2, 0.25) is 0 Å². The molecule has 0 saturated carbocycles. The van der Waals surface area contributed by atoms with Crippen molar-refractivity contribution in [1.29, 1.82) is 0 Å². The number of rotatable bonds is 1. The van der Waals surface area contributed by atoms with Gasteiger partial charge in [-0.3, -0.25) is 9.78 Å². The minimum atomic E-state index is 0.172. The van der Waals surface area contributed by atoms with E-state index in [0.29, 0.717) is 0 Å². The van der Waals surface area contributed by atoms with E-state index in [1.54, 1.807) is 6.92 Å². The van der Waals surface area contributed by atoms with Crippen molar-refractivity contribution in [2.75, 3.05) is 6.54 Å². The average molecular weight is 218 g/mol. The molecule has 0 radical (unpaired) electrons. The summed E-state index contributed by atoms with van der Waals surface area (Å²) in [5.41, 5.74) is 2.33. The monoisotopic (exact) mass is 218 g/mol. The van der Waals surface area contributed by atoms with Gasteiger partial charge < -0.3 is 4.90 Å². The number of carbonyl (C=O) groups excluding carboxylic acids is 1. The van der Waals surface area contributed by atoms with Crippen molar-refractivity contribution in [2.45, 2.75) is 39.2 Å². The molecule has 1 fully saturated rings. The van der Waals surface area contributed by atoms with Crippen LogP contribution in [-0.4, -0.2) is 22.3 Å². The van der Waals surface area contributed by atoms with Crippen molar-refractivity contribution in [1.82, 2.24) is 9.88 Å². The summed E-state index contributed by atoms with van der Waals surface area (Å²) in [5.74, 6) is 0.172. The van der Waals surface area contributed by atoms with E-state index in [2.05, 4.69) is 11.1 Å². The van der Waals surface area contributed by atoms with Gasteiger partial charge in [0, 0.05) is 25.9 Å². The molecule has 0 N–H and O–H groups in total. The van der Waals surface area contributed by atoms with Gasteiger partial charge in [0.05, 0.1) is 6.04 Å². The molecule has 3 nitrogen and oxygen atoms in total. The fourth-order valence-corrected chi connectivity index (χ4v) is 2.42. The number of aromatic nitrogens is 1. The topological polar surface area (TPSA) is 33.2 Å². The predicted molar refractivity (Wildman–Crippen MR) is 63.0 cm³/mol. The van der Waals surface area contributed by atoms with E-state index in [4.69, 9.17) is 0 Å². The van der Waals surface area contributed by atoms with E-state index in [1.165, 1.54) is 12.0 Å².